The van der Waals surface area contributed by atoms with Crippen molar-refractivity contribution in [3.8, 4) is 5.75 Å². The molecule has 0 aliphatic rings. The third-order valence-electron chi connectivity index (χ3n) is 4.40. The van der Waals surface area contributed by atoms with Crippen LogP contribution in [-0.4, -0.2) is 17.1 Å². The number of pyridine rings is 1. The van der Waals surface area contributed by atoms with Gasteiger partial charge in [-0.2, -0.15) is 0 Å². The van der Waals surface area contributed by atoms with Crippen LogP contribution in [0.3, 0.4) is 0 Å². The Morgan fingerprint density at radius 1 is 1.11 bits per heavy atom. The van der Waals surface area contributed by atoms with Crippen LogP contribution >= 0.6 is 22.7 Å². The van der Waals surface area contributed by atoms with Gasteiger partial charge in [0, 0.05) is 34.3 Å². The van der Waals surface area contributed by atoms with Crippen molar-refractivity contribution in [3.63, 3.8) is 0 Å². The second-order valence-electron chi connectivity index (χ2n) is 6.41. The van der Waals surface area contributed by atoms with Gasteiger partial charge in [-0.15, -0.1) is 22.7 Å². The van der Waals surface area contributed by atoms with Gasteiger partial charge in [-0.1, -0.05) is 12.1 Å². The van der Waals surface area contributed by atoms with E-state index in [1.54, 1.807) is 29.8 Å². The quantitative estimate of drug-likeness (QED) is 0.470. The summed E-state index contributed by atoms with van der Waals surface area (Å²) in [5, 5.41) is 10.1. The Kier molecular flexibility index (Phi) is 5.48. The molecule has 0 saturated carbocycles. The first kappa shape index (κ1) is 18.1. The van der Waals surface area contributed by atoms with Crippen LogP contribution in [0, 0.1) is 6.92 Å². The fourth-order valence-electron chi connectivity index (χ4n) is 3.01. The first-order valence-electron chi connectivity index (χ1n) is 8.83. The van der Waals surface area contributed by atoms with Crippen molar-refractivity contribution in [3.05, 3.63) is 74.5 Å². The summed E-state index contributed by atoms with van der Waals surface area (Å²) in [6.45, 7) is 2.75. The van der Waals surface area contributed by atoms with E-state index >= 15 is 0 Å². The van der Waals surface area contributed by atoms with E-state index in [2.05, 4.69) is 40.3 Å². The van der Waals surface area contributed by atoms with Gasteiger partial charge in [0.05, 0.1) is 24.4 Å². The summed E-state index contributed by atoms with van der Waals surface area (Å²) in [6, 6.07) is 14.6. The van der Waals surface area contributed by atoms with Crippen LogP contribution < -0.4 is 10.1 Å². The van der Waals surface area contributed by atoms with Crippen LogP contribution in [-0.2, 0) is 13.0 Å². The molecule has 3 aromatic heterocycles. The SMILES string of the molecule is COc1ccc2nc(CNC(Cc3cccs3)c3nc(C)cs3)ccc2c1. The number of thiophene rings is 1. The summed E-state index contributed by atoms with van der Waals surface area (Å²) in [7, 11) is 1.68. The molecule has 3 heterocycles. The molecule has 0 bridgehead atoms. The lowest BCUT2D eigenvalue weighted by atomic mass is 10.1. The number of fused-ring (bicyclic) bond motifs is 1. The average Bonchev–Trinajstić information content (AvgIpc) is 3.36. The lowest BCUT2D eigenvalue weighted by molar-refractivity contribution is 0.415. The molecule has 1 aromatic carbocycles. The molecule has 4 aromatic rings. The molecule has 1 N–H and O–H groups in total. The number of methoxy groups -OCH3 is 1. The zero-order valence-corrected chi connectivity index (χ0v) is 16.9. The Labute approximate surface area is 166 Å². The molecule has 6 heteroatoms. The van der Waals surface area contributed by atoms with E-state index in [1.165, 1.54) is 4.88 Å². The molecule has 138 valence electrons. The number of rotatable bonds is 7. The Balaban J connectivity index is 1.52. The number of nitrogens with zero attached hydrogens (tertiary/aromatic N) is 2. The molecule has 0 spiro atoms. The van der Waals surface area contributed by atoms with Crippen molar-refractivity contribution < 1.29 is 4.74 Å². The molecule has 1 atom stereocenters. The number of ether oxygens (including phenoxy) is 1. The molecule has 0 amide bonds. The van der Waals surface area contributed by atoms with Crippen molar-refractivity contribution in [2.45, 2.75) is 25.9 Å². The van der Waals surface area contributed by atoms with Crippen molar-refractivity contribution in [1.29, 1.82) is 0 Å². The maximum atomic E-state index is 5.29. The van der Waals surface area contributed by atoms with Gasteiger partial charge < -0.3 is 10.1 Å². The molecule has 0 aliphatic heterocycles. The van der Waals surface area contributed by atoms with Gasteiger partial charge in [0.2, 0.25) is 0 Å². The Bertz CT molecular complexity index is 1030. The molecule has 4 rings (SSSR count). The van der Waals surface area contributed by atoms with Gasteiger partial charge in [-0.3, -0.25) is 4.98 Å². The summed E-state index contributed by atoms with van der Waals surface area (Å²) >= 11 is 3.51. The van der Waals surface area contributed by atoms with Gasteiger partial charge in [0.1, 0.15) is 10.8 Å². The Hall–Kier alpha value is -2.28. The van der Waals surface area contributed by atoms with Gasteiger partial charge >= 0.3 is 0 Å². The maximum Gasteiger partial charge on any atom is 0.119 e. The van der Waals surface area contributed by atoms with E-state index in [-0.39, 0.29) is 6.04 Å². The zero-order valence-electron chi connectivity index (χ0n) is 15.3. The Morgan fingerprint density at radius 2 is 2.04 bits per heavy atom. The molecule has 0 aliphatic carbocycles. The molecule has 0 radical (unpaired) electrons. The lowest BCUT2D eigenvalue weighted by Crippen LogP contribution is -2.23. The fraction of sp³-hybridized carbons (Fsp3) is 0.238. The van der Waals surface area contributed by atoms with Crippen LogP contribution in [0.5, 0.6) is 5.75 Å². The number of hydrogen-bond acceptors (Lipinski definition) is 6. The summed E-state index contributed by atoms with van der Waals surface area (Å²) in [5.41, 5.74) is 3.08. The van der Waals surface area contributed by atoms with Crippen molar-refractivity contribution in [1.82, 2.24) is 15.3 Å². The standard InChI is InChI=1S/C21H21N3OS2/c1-14-13-27-21(23-14)20(11-18-4-3-9-26-18)22-12-16-6-5-15-10-17(25-2)7-8-19(15)24-16/h3-10,13,20,22H,11-12H2,1-2H3. The average molecular weight is 396 g/mol. The lowest BCUT2D eigenvalue weighted by Gasteiger charge is -2.16. The minimum Gasteiger partial charge on any atom is -0.497 e. The minimum absolute atomic E-state index is 0.190. The van der Waals surface area contributed by atoms with E-state index in [9.17, 15) is 0 Å². The predicted octanol–water partition coefficient (Wildman–Crippen LogP) is 5.14. The van der Waals surface area contributed by atoms with Crippen LogP contribution in [0.15, 0.2) is 53.2 Å². The third-order valence-corrected chi connectivity index (χ3v) is 6.38. The van der Waals surface area contributed by atoms with Gasteiger partial charge in [0.25, 0.3) is 0 Å². The number of hydrogen-bond donors (Lipinski definition) is 1. The largest absolute Gasteiger partial charge is 0.497 e. The second kappa shape index (κ2) is 8.17. The summed E-state index contributed by atoms with van der Waals surface area (Å²) in [4.78, 5) is 10.8. The number of thiazole rings is 1. The van der Waals surface area contributed by atoms with Gasteiger partial charge in [-0.25, -0.2) is 4.98 Å². The third kappa shape index (κ3) is 4.35. The maximum absolute atomic E-state index is 5.29. The van der Waals surface area contributed by atoms with Crippen LogP contribution in [0.4, 0.5) is 0 Å². The summed E-state index contributed by atoms with van der Waals surface area (Å²) < 4.78 is 5.29. The molecule has 0 fully saturated rings. The van der Waals surface area contributed by atoms with Crippen LogP contribution in [0.2, 0.25) is 0 Å². The zero-order chi connectivity index (χ0) is 18.6. The second-order valence-corrected chi connectivity index (χ2v) is 8.33. The van der Waals surface area contributed by atoms with E-state index < -0.39 is 0 Å². The number of benzene rings is 1. The summed E-state index contributed by atoms with van der Waals surface area (Å²) in [5.74, 6) is 0.852. The molecule has 0 saturated heterocycles. The van der Waals surface area contributed by atoms with Crippen LogP contribution in [0.1, 0.15) is 27.3 Å². The molecular weight excluding hydrogens is 374 g/mol. The number of aryl methyl sites for hydroxylation is 1. The highest BCUT2D eigenvalue weighted by molar-refractivity contribution is 7.10. The highest BCUT2D eigenvalue weighted by Gasteiger charge is 2.16. The molecule has 1 unspecified atom stereocenters. The first-order chi connectivity index (χ1) is 13.2. The normalized spacial score (nSPS) is 12.4. The topological polar surface area (TPSA) is 47.0 Å². The van der Waals surface area contributed by atoms with E-state index in [4.69, 9.17) is 14.7 Å². The smallest absolute Gasteiger partial charge is 0.119 e. The van der Waals surface area contributed by atoms with Crippen molar-refractivity contribution in [2.24, 2.45) is 0 Å². The molecule has 27 heavy (non-hydrogen) atoms. The van der Waals surface area contributed by atoms with Gasteiger partial charge in [-0.05, 0) is 42.6 Å². The fourth-order valence-corrected chi connectivity index (χ4v) is 4.63. The molecule has 4 nitrogen and oxygen atoms in total. The van der Waals surface area contributed by atoms with E-state index in [1.807, 2.05) is 25.1 Å². The Morgan fingerprint density at radius 3 is 2.78 bits per heavy atom. The minimum atomic E-state index is 0.190. The number of nitrogens with one attached hydrogen (secondary N) is 1. The predicted molar refractivity (Wildman–Crippen MR) is 113 cm³/mol. The van der Waals surface area contributed by atoms with Crippen LogP contribution in [0.25, 0.3) is 10.9 Å². The summed E-state index contributed by atoms with van der Waals surface area (Å²) in [6.07, 6.45) is 0.940. The molecular formula is C21H21N3OS2. The van der Waals surface area contributed by atoms with E-state index in [0.29, 0.717) is 6.54 Å². The number of aromatic nitrogens is 2. The van der Waals surface area contributed by atoms with E-state index in [0.717, 1.165) is 39.5 Å². The van der Waals surface area contributed by atoms with Crippen molar-refractivity contribution in [2.75, 3.05) is 7.11 Å². The highest BCUT2D eigenvalue weighted by Crippen LogP contribution is 2.25. The first-order valence-corrected chi connectivity index (χ1v) is 10.6. The van der Waals surface area contributed by atoms with Gasteiger partial charge in [0.15, 0.2) is 0 Å². The highest BCUT2D eigenvalue weighted by atomic mass is 32.1. The van der Waals surface area contributed by atoms with Crippen molar-refractivity contribution >= 4 is 33.6 Å². The monoisotopic (exact) mass is 395 g/mol.